The Morgan fingerprint density at radius 1 is 0.478 bits per heavy atom. The van der Waals surface area contributed by atoms with E-state index in [0.717, 1.165) is 4.57 Å². The fraction of sp³-hybridized carbons (Fsp3) is 0. The summed E-state index contributed by atoms with van der Waals surface area (Å²) in [5.41, 5.74) is -1.77. The zero-order valence-corrected chi connectivity index (χ0v) is 23.3. The van der Waals surface area contributed by atoms with Crippen molar-refractivity contribution < 1.29 is 37.3 Å². The van der Waals surface area contributed by atoms with E-state index in [9.17, 15) is 10.6 Å². The zero-order valence-electron chi connectivity index (χ0n) is 43.3. The Morgan fingerprint density at radius 3 is 1.48 bits per heavy atom. The van der Waals surface area contributed by atoms with Gasteiger partial charge < -0.3 is 19.0 Å². The molecule has 0 aliphatic rings. The van der Waals surface area contributed by atoms with E-state index in [2.05, 4.69) is 0 Å². The number of phenols is 1. The summed E-state index contributed by atoms with van der Waals surface area (Å²) in [4.78, 5) is 0. The lowest BCUT2D eigenvalue weighted by atomic mass is 10.0. The van der Waals surface area contributed by atoms with Crippen LogP contribution in [0.5, 0.6) is 17.2 Å². The molecule has 0 saturated carbocycles. The molecule has 7 aromatic carbocycles. The van der Waals surface area contributed by atoms with Gasteiger partial charge in [0.15, 0.2) is 0 Å². The highest BCUT2D eigenvalue weighted by Crippen LogP contribution is 2.39. The van der Waals surface area contributed by atoms with E-state index in [-0.39, 0.29) is 60.9 Å². The highest BCUT2D eigenvalue weighted by atomic mass is 16.5. The lowest BCUT2D eigenvalue weighted by Gasteiger charge is -2.15. The Balaban J connectivity index is 1.36. The van der Waals surface area contributed by atoms with Gasteiger partial charge in [-0.15, -0.1) is 0 Å². The minimum absolute atomic E-state index is 0.0544. The molecular weight excluding hydrogens is 564 g/mol. The summed E-state index contributed by atoms with van der Waals surface area (Å²) in [6.07, 6.45) is 0. The number of aromatic nitrogens is 2. The maximum absolute atomic E-state index is 11.0. The van der Waals surface area contributed by atoms with Gasteiger partial charge in [-0.3, -0.25) is 0 Å². The van der Waals surface area contributed by atoms with Gasteiger partial charge in [0.1, 0.15) is 17.2 Å². The van der Waals surface area contributed by atoms with Crippen LogP contribution < -0.4 is 4.74 Å². The molecule has 0 atom stereocenters. The van der Waals surface area contributed by atoms with Crippen molar-refractivity contribution >= 4 is 43.6 Å². The van der Waals surface area contributed by atoms with Crippen molar-refractivity contribution in [3.63, 3.8) is 0 Å². The summed E-state index contributed by atoms with van der Waals surface area (Å²) in [6.45, 7) is 0. The lowest BCUT2D eigenvalue weighted by molar-refractivity contribution is 0.476. The summed E-state index contributed by atoms with van der Waals surface area (Å²) >= 11 is 0. The smallest absolute Gasteiger partial charge is 0.130 e. The summed E-state index contributed by atoms with van der Waals surface area (Å²) in [5, 5.41) is 9.86. The molecule has 9 aromatic rings. The van der Waals surface area contributed by atoms with E-state index >= 15 is 0 Å². The summed E-state index contributed by atoms with van der Waals surface area (Å²) in [7, 11) is 0. The summed E-state index contributed by atoms with van der Waals surface area (Å²) in [6, 6.07) is -4.31. The van der Waals surface area contributed by atoms with Gasteiger partial charge in [-0.05, 0) is 72.1 Å². The van der Waals surface area contributed by atoms with Gasteiger partial charge in [0.25, 0.3) is 0 Å². The van der Waals surface area contributed by atoms with Crippen molar-refractivity contribution in [1.82, 2.24) is 9.13 Å². The first-order valence-corrected chi connectivity index (χ1v) is 13.8. The fourth-order valence-electron chi connectivity index (χ4n) is 5.54. The van der Waals surface area contributed by atoms with Crippen molar-refractivity contribution in [2.24, 2.45) is 0 Å². The van der Waals surface area contributed by atoms with E-state index < -0.39 is 143 Å². The number of benzene rings is 7. The second-order valence-electron chi connectivity index (χ2n) is 10.1. The van der Waals surface area contributed by atoms with Crippen LogP contribution in [-0.2, 0) is 0 Å². The molecule has 2 aromatic heterocycles. The molecule has 46 heavy (non-hydrogen) atoms. The minimum atomic E-state index is -0.865. The molecule has 0 fully saturated rings. The van der Waals surface area contributed by atoms with Gasteiger partial charge in [-0.2, -0.15) is 0 Å². The van der Waals surface area contributed by atoms with Crippen LogP contribution in [0.1, 0.15) is 27.4 Å². The quantitative estimate of drug-likeness (QED) is 0.210. The number of phenolic OH excluding ortho intramolecular Hbond substituents is 1. The fourth-order valence-corrected chi connectivity index (χ4v) is 5.54. The van der Waals surface area contributed by atoms with Gasteiger partial charge in [0.05, 0.1) is 55.2 Å². The van der Waals surface area contributed by atoms with Crippen molar-refractivity contribution in [2.45, 2.75) is 0 Å². The van der Waals surface area contributed by atoms with E-state index in [1.54, 1.807) is 12.1 Å². The molecule has 1 N–H and O–H groups in total. The minimum Gasteiger partial charge on any atom is -0.507 e. The Hall–Kier alpha value is -6.26. The number of nitrogens with zero attached hydrogens (tertiary/aromatic N) is 2. The average Bonchev–Trinajstić information content (AvgIpc) is 3.85. The van der Waals surface area contributed by atoms with Crippen LogP contribution in [0.15, 0.2) is 163 Å². The average molecular weight is 613 g/mol. The molecule has 0 bridgehead atoms. The van der Waals surface area contributed by atoms with E-state index in [4.69, 9.17) is 26.7 Å². The maximum Gasteiger partial charge on any atom is 0.130 e. The van der Waals surface area contributed by atoms with Gasteiger partial charge in [-0.25, -0.2) is 0 Å². The maximum atomic E-state index is 11.0. The summed E-state index contributed by atoms with van der Waals surface area (Å²) in [5.74, 6) is -1.23. The molecule has 4 heteroatoms. The van der Waals surface area contributed by atoms with Crippen LogP contribution in [-0.4, -0.2) is 14.2 Å². The van der Waals surface area contributed by atoms with Crippen molar-refractivity contribution in [2.75, 3.05) is 0 Å². The lowest BCUT2D eigenvalue weighted by Crippen LogP contribution is -1.97. The summed E-state index contributed by atoms with van der Waals surface area (Å²) < 4.78 is 183. The van der Waals surface area contributed by atoms with Crippen LogP contribution in [0.3, 0.4) is 0 Å². The third-order valence-corrected chi connectivity index (χ3v) is 7.46. The number of rotatable bonds is 5. The van der Waals surface area contributed by atoms with Crippen LogP contribution in [0, 0.1) is 0 Å². The standard InChI is InChI=1S/C42H28N2O2/c45-42-20-10-5-11-33(42)28-25-30(44-40-18-8-3-14-36(40)37-15-4-9-19-41(37)44)27-32(26-28)46-31-23-21-29(22-24-31)43-38-16-6-1-12-34(38)35-13-2-7-17-39(35)43/h1-27,45H/i1D,2D,3D,4D,6D,7D,8D,9D,12D,13D,14D,15D,16D,17D,18D,19D,21D,22D,23D,24D. The van der Waals surface area contributed by atoms with Crippen molar-refractivity contribution in [1.29, 1.82) is 0 Å². The molecule has 0 amide bonds. The Labute approximate surface area is 293 Å². The van der Waals surface area contributed by atoms with E-state index in [0.29, 0.717) is 0 Å². The number of ether oxygens (including phenoxy) is 1. The van der Waals surface area contributed by atoms with Crippen molar-refractivity contribution in [3.8, 4) is 39.8 Å². The van der Waals surface area contributed by atoms with Crippen LogP contribution >= 0.6 is 0 Å². The van der Waals surface area contributed by atoms with Gasteiger partial charge in [0, 0.05) is 38.9 Å². The van der Waals surface area contributed by atoms with Gasteiger partial charge in [0.2, 0.25) is 0 Å². The molecule has 4 nitrogen and oxygen atoms in total. The number of fused-ring (bicyclic) bond motifs is 6. The Bertz CT molecular complexity index is 3530. The molecule has 0 aliphatic heterocycles. The monoisotopic (exact) mass is 612 g/mol. The zero-order chi connectivity index (χ0) is 48.0. The van der Waals surface area contributed by atoms with Crippen LogP contribution in [0.25, 0.3) is 66.1 Å². The highest BCUT2D eigenvalue weighted by Gasteiger charge is 2.16. The first kappa shape index (κ1) is 13.0. The predicted octanol–water partition coefficient (Wildman–Crippen LogP) is 11.0. The second-order valence-corrected chi connectivity index (χ2v) is 10.1. The number of para-hydroxylation sites is 5. The van der Waals surface area contributed by atoms with E-state index in [1.807, 2.05) is 0 Å². The van der Waals surface area contributed by atoms with Crippen LogP contribution in [0.2, 0.25) is 0 Å². The molecule has 2 heterocycles. The molecule has 0 unspecified atom stereocenters. The highest BCUT2D eigenvalue weighted by molar-refractivity contribution is 6.10. The largest absolute Gasteiger partial charge is 0.507 e. The number of aromatic hydroxyl groups is 1. The van der Waals surface area contributed by atoms with Crippen LogP contribution in [0.4, 0.5) is 0 Å². The molecule has 0 spiro atoms. The number of hydrogen-bond donors (Lipinski definition) is 1. The van der Waals surface area contributed by atoms with E-state index in [1.165, 1.54) is 34.9 Å². The molecule has 0 saturated heterocycles. The molecular formula is C42H28N2O2. The molecule has 0 radical (unpaired) electrons. The van der Waals surface area contributed by atoms with Crippen molar-refractivity contribution in [3.05, 3.63) is 163 Å². The second kappa shape index (κ2) is 10.4. The number of hydrogen-bond acceptors (Lipinski definition) is 2. The third-order valence-electron chi connectivity index (χ3n) is 7.46. The molecule has 9 rings (SSSR count). The van der Waals surface area contributed by atoms with Gasteiger partial charge in [-0.1, -0.05) is 90.7 Å². The molecule has 218 valence electrons. The normalized spacial score (nSPS) is 17.7. The predicted molar refractivity (Wildman–Crippen MR) is 189 cm³/mol. The molecule has 0 aliphatic carbocycles. The Kier molecular flexibility index (Phi) is 2.95. The SMILES string of the molecule is [2H]c1c([2H])c(-n2c3c([2H])c([2H])c([2H])c([2H])c3c3c([2H])c([2H])c([2H])c([2H])c32)c([2H])c([2H])c1Oc1cc(-c2ccccc2O)cc(-n2c3c([2H])c([2H])c([2H])c([2H])c3c3c([2H])c([2H])c([2H])c([2H])c32)c1. The topological polar surface area (TPSA) is 39.3 Å². The third kappa shape index (κ3) is 4.15. The Morgan fingerprint density at radius 2 is 0.957 bits per heavy atom. The first-order valence-electron chi connectivity index (χ1n) is 23.8. The first-order chi connectivity index (χ1) is 31.0. The van der Waals surface area contributed by atoms with Gasteiger partial charge >= 0.3 is 0 Å².